The van der Waals surface area contributed by atoms with E-state index in [4.69, 9.17) is 11.6 Å². The Bertz CT molecular complexity index is 398. The minimum atomic E-state index is -3.08. The molecule has 1 aromatic rings. The fraction of sp³-hybridized carbons (Fsp3) is 0.250. The van der Waals surface area contributed by atoms with Crippen LogP contribution in [0.4, 0.5) is 13.2 Å². The molecule has 0 atom stereocenters. The number of pyridine rings is 1. The smallest absolute Gasteiger partial charge is 0.359 e. The zero-order valence-electron chi connectivity index (χ0n) is 7.43. The van der Waals surface area contributed by atoms with Gasteiger partial charge in [0, 0.05) is 0 Å². The summed E-state index contributed by atoms with van der Waals surface area (Å²) in [5, 5.41) is -0.396. The summed E-state index contributed by atoms with van der Waals surface area (Å²) in [5.41, 5.74) is -1.82. The van der Waals surface area contributed by atoms with Gasteiger partial charge < -0.3 is 4.74 Å². The summed E-state index contributed by atoms with van der Waals surface area (Å²) >= 11 is 5.35. The Labute approximate surface area is 87.8 Å². The van der Waals surface area contributed by atoms with Crippen molar-refractivity contribution >= 4 is 17.6 Å². The van der Waals surface area contributed by atoms with Crippen molar-refractivity contribution in [1.29, 1.82) is 0 Å². The first-order chi connectivity index (χ1) is 6.97. The van der Waals surface area contributed by atoms with Crippen molar-refractivity contribution < 1.29 is 22.7 Å². The highest BCUT2D eigenvalue weighted by Crippen LogP contribution is 2.26. The number of hydrogen-bond donors (Lipinski definition) is 0. The summed E-state index contributed by atoms with van der Waals surface area (Å²) in [6, 6.07) is 0.661. The molecule has 1 aromatic heterocycles. The SMILES string of the molecule is COC(=O)c1nc(Cl)cc(C(F)F)c1F. The van der Waals surface area contributed by atoms with E-state index in [0.717, 1.165) is 7.11 Å². The number of nitrogens with zero attached hydrogens (tertiary/aromatic N) is 1. The second-order valence-corrected chi connectivity index (χ2v) is 2.88. The maximum absolute atomic E-state index is 13.2. The largest absolute Gasteiger partial charge is 0.464 e. The van der Waals surface area contributed by atoms with Gasteiger partial charge in [0.25, 0.3) is 6.43 Å². The predicted molar refractivity (Wildman–Crippen MR) is 45.5 cm³/mol. The average molecular weight is 240 g/mol. The third kappa shape index (κ3) is 2.38. The topological polar surface area (TPSA) is 39.2 Å². The molecule has 0 amide bonds. The van der Waals surface area contributed by atoms with Crippen molar-refractivity contribution in [3.05, 3.63) is 28.3 Å². The van der Waals surface area contributed by atoms with Crippen molar-refractivity contribution in [3.8, 4) is 0 Å². The summed E-state index contributed by atoms with van der Waals surface area (Å²) in [7, 11) is 0.979. The fourth-order valence-electron chi connectivity index (χ4n) is 0.907. The number of methoxy groups -OCH3 is 1. The molecule has 3 nitrogen and oxygen atoms in total. The normalized spacial score (nSPS) is 10.5. The molecule has 1 heterocycles. The molecule has 82 valence electrons. The Morgan fingerprint density at radius 3 is 2.67 bits per heavy atom. The average Bonchev–Trinajstić information content (AvgIpc) is 2.19. The molecular weight excluding hydrogens is 235 g/mol. The minimum absolute atomic E-state index is 0.396. The van der Waals surface area contributed by atoms with Gasteiger partial charge in [-0.15, -0.1) is 0 Å². The maximum Gasteiger partial charge on any atom is 0.359 e. The molecule has 0 aromatic carbocycles. The van der Waals surface area contributed by atoms with Gasteiger partial charge in [0.2, 0.25) is 0 Å². The number of esters is 1. The first-order valence-corrected chi connectivity index (χ1v) is 4.07. The molecule has 0 unspecified atom stereocenters. The zero-order valence-corrected chi connectivity index (χ0v) is 8.19. The van der Waals surface area contributed by atoms with E-state index in [-0.39, 0.29) is 0 Å². The van der Waals surface area contributed by atoms with E-state index in [1.54, 1.807) is 0 Å². The van der Waals surface area contributed by atoms with Crippen molar-refractivity contribution in [3.63, 3.8) is 0 Å². The molecule has 0 bridgehead atoms. The number of ether oxygens (including phenoxy) is 1. The first kappa shape index (κ1) is 11.8. The van der Waals surface area contributed by atoms with Crippen LogP contribution in [0.2, 0.25) is 5.15 Å². The highest BCUT2D eigenvalue weighted by atomic mass is 35.5. The summed E-state index contributed by atoms with van der Waals surface area (Å²) in [6.45, 7) is 0. The summed E-state index contributed by atoms with van der Waals surface area (Å²) < 4.78 is 42.0. The third-order valence-electron chi connectivity index (χ3n) is 1.57. The van der Waals surface area contributed by atoms with E-state index in [1.165, 1.54) is 0 Å². The van der Waals surface area contributed by atoms with Gasteiger partial charge >= 0.3 is 5.97 Å². The molecular formula is C8H5ClF3NO2. The van der Waals surface area contributed by atoms with Crippen LogP contribution in [-0.2, 0) is 4.74 Å². The molecule has 0 aliphatic carbocycles. The number of carbonyl (C=O) groups is 1. The number of hydrogen-bond acceptors (Lipinski definition) is 3. The lowest BCUT2D eigenvalue weighted by Crippen LogP contribution is -2.10. The van der Waals surface area contributed by atoms with Crippen molar-refractivity contribution in [2.75, 3.05) is 7.11 Å². The van der Waals surface area contributed by atoms with Crippen LogP contribution in [-0.4, -0.2) is 18.1 Å². The van der Waals surface area contributed by atoms with Gasteiger partial charge in [0.15, 0.2) is 11.5 Å². The molecule has 0 N–H and O–H groups in total. The van der Waals surface area contributed by atoms with E-state index in [2.05, 4.69) is 9.72 Å². The number of rotatable bonds is 2. The monoisotopic (exact) mass is 239 g/mol. The molecule has 1 rings (SSSR count). The Morgan fingerprint density at radius 1 is 1.60 bits per heavy atom. The van der Waals surface area contributed by atoms with Gasteiger partial charge in [-0.25, -0.2) is 22.9 Å². The molecule has 0 fully saturated rings. The second-order valence-electron chi connectivity index (χ2n) is 2.49. The van der Waals surface area contributed by atoms with Crippen LogP contribution in [0.1, 0.15) is 22.5 Å². The van der Waals surface area contributed by atoms with E-state index >= 15 is 0 Å². The molecule has 7 heteroatoms. The molecule has 0 radical (unpaired) electrons. The maximum atomic E-state index is 13.2. The van der Waals surface area contributed by atoms with Gasteiger partial charge in [-0.05, 0) is 6.07 Å². The van der Waals surface area contributed by atoms with Crippen LogP contribution in [0.25, 0.3) is 0 Å². The number of alkyl halides is 2. The lowest BCUT2D eigenvalue weighted by atomic mass is 10.2. The molecule has 0 spiro atoms. The van der Waals surface area contributed by atoms with Crippen LogP contribution in [0, 0.1) is 5.82 Å². The molecule has 0 saturated carbocycles. The number of aromatic nitrogens is 1. The Balaban J connectivity index is 3.34. The van der Waals surface area contributed by atoms with Crippen LogP contribution in [0.3, 0.4) is 0 Å². The van der Waals surface area contributed by atoms with Crippen LogP contribution < -0.4 is 0 Å². The second kappa shape index (κ2) is 4.48. The molecule has 0 aliphatic rings. The standard InChI is InChI=1S/C8H5ClF3NO2/c1-15-8(14)6-5(10)3(7(11)12)2-4(9)13-6/h2,7H,1H3. The molecule has 15 heavy (non-hydrogen) atoms. The number of halogens is 4. The highest BCUT2D eigenvalue weighted by Gasteiger charge is 2.23. The van der Waals surface area contributed by atoms with Crippen molar-refractivity contribution in [1.82, 2.24) is 4.98 Å². The fourth-order valence-corrected chi connectivity index (χ4v) is 1.11. The van der Waals surface area contributed by atoms with Gasteiger partial charge in [-0.1, -0.05) is 11.6 Å². The van der Waals surface area contributed by atoms with Gasteiger partial charge in [0.1, 0.15) is 5.15 Å². The van der Waals surface area contributed by atoms with E-state index in [0.29, 0.717) is 6.07 Å². The van der Waals surface area contributed by atoms with E-state index in [9.17, 15) is 18.0 Å². The Kier molecular flexibility index (Phi) is 3.52. The van der Waals surface area contributed by atoms with Crippen molar-refractivity contribution in [2.24, 2.45) is 0 Å². The van der Waals surface area contributed by atoms with Gasteiger partial charge in [-0.2, -0.15) is 0 Å². The lowest BCUT2D eigenvalue weighted by molar-refractivity contribution is 0.0586. The molecule has 0 aliphatic heterocycles. The van der Waals surface area contributed by atoms with Gasteiger partial charge in [0.05, 0.1) is 12.7 Å². The van der Waals surface area contributed by atoms with Crippen LogP contribution in [0.15, 0.2) is 6.07 Å². The molecule has 0 saturated heterocycles. The predicted octanol–water partition coefficient (Wildman–Crippen LogP) is 2.60. The summed E-state index contributed by atoms with van der Waals surface area (Å²) in [5.74, 6) is -2.57. The van der Waals surface area contributed by atoms with E-state index < -0.39 is 34.6 Å². The Morgan fingerprint density at radius 2 is 2.20 bits per heavy atom. The minimum Gasteiger partial charge on any atom is -0.464 e. The number of carbonyl (C=O) groups excluding carboxylic acids is 1. The Hall–Kier alpha value is -1.30. The van der Waals surface area contributed by atoms with Gasteiger partial charge in [-0.3, -0.25) is 0 Å². The summed E-state index contributed by atoms with van der Waals surface area (Å²) in [4.78, 5) is 14.2. The lowest BCUT2D eigenvalue weighted by Gasteiger charge is -2.06. The van der Waals surface area contributed by atoms with E-state index in [1.807, 2.05) is 0 Å². The highest BCUT2D eigenvalue weighted by molar-refractivity contribution is 6.29. The first-order valence-electron chi connectivity index (χ1n) is 3.69. The zero-order chi connectivity index (χ0) is 11.6. The quantitative estimate of drug-likeness (QED) is 0.588. The third-order valence-corrected chi connectivity index (χ3v) is 1.76. The van der Waals surface area contributed by atoms with Crippen LogP contribution in [0.5, 0.6) is 0 Å². The van der Waals surface area contributed by atoms with Crippen molar-refractivity contribution in [2.45, 2.75) is 6.43 Å². The van der Waals surface area contributed by atoms with Crippen LogP contribution >= 0.6 is 11.6 Å². The summed E-state index contributed by atoms with van der Waals surface area (Å²) in [6.07, 6.45) is -3.08.